The molecule has 2 heterocycles. The number of rotatable bonds is 6. The molecule has 0 saturated carbocycles. The van der Waals surface area contributed by atoms with E-state index in [9.17, 15) is 8.42 Å². The summed E-state index contributed by atoms with van der Waals surface area (Å²) in [6.45, 7) is 2.99. The molecule has 0 atom stereocenters. The van der Waals surface area contributed by atoms with Gasteiger partial charge in [-0.1, -0.05) is 41.9 Å². The van der Waals surface area contributed by atoms with Crippen LogP contribution in [0.25, 0.3) is 16.9 Å². The van der Waals surface area contributed by atoms with E-state index in [0.29, 0.717) is 37.7 Å². The fourth-order valence-corrected chi connectivity index (χ4v) is 4.89. The Labute approximate surface area is 188 Å². The molecule has 1 fully saturated rings. The van der Waals surface area contributed by atoms with Gasteiger partial charge in [0, 0.05) is 69.2 Å². The van der Waals surface area contributed by atoms with Crippen LogP contribution in [0.5, 0.6) is 0 Å². The number of benzene rings is 2. The van der Waals surface area contributed by atoms with Gasteiger partial charge < -0.3 is 0 Å². The molecule has 7 nitrogen and oxygen atoms in total. The van der Waals surface area contributed by atoms with Gasteiger partial charge in [-0.15, -0.1) is 0 Å². The lowest BCUT2D eigenvalue weighted by atomic mass is 10.1. The molecule has 3 aromatic rings. The van der Waals surface area contributed by atoms with E-state index in [1.165, 1.54) is 8.61 Å². The summed E-state index contributed by atoms with van der Waals surface area (Å²) >= 11 is 6.08. The van der Waals surface area contributed by atoms with Gasteiger partial charge in [0.15, 0.2) is 0 Å². The van der Waals surface area contributed by atoms with E-state index in [4.69, 9.17) is 16.7 Å². The summed E-state index contributed by atoms with van der Waals surface area (Å²) in [5, 5.41) is 5.54. The van der Waals surface area contributed by atoms with Crippen molar-refractivity contribution in [2.24, 2.45) is 0 Å². The molecule has 9 heteroatoms. The van der Waals surface area contributed by atoms with Gasteiger partial charge in [0.05, 0.1) is 11.4 Å². The molecule has 0 radical (unpaired) electrons. The summed E-state index contributed by atoms with van der Waals surface area (Å²) in [5.41, 5.74) is 3.99. The van der Waals surface area contributed by atoms with Crippen molar-refractivity contribution in [2.75, 3.05) is 40.3 Å². The van der Waals surface area contributed by atoms with Gasteiger partial charge in [0.1, 0.15) is 0 Å². The molecule has 4 rings (SSSR count). The van der Waals surface area contributed by atoms with Crippen molar-refractivity contribution in [1.82, 2.24) is 23.3 Å². The van der Waals surface area contributed by atoms with Crippen molar-refractivity contribution in [3.63, 3.8) is 0 Å². The first-order valence-corrected chi connectivity index (χ1v) is 11.9. The average Bonchev–Trinajstić information content (AvgIpc) is 3.19. The van der Waals surface area contributed by atoms with Crippen LogP contribution >= 0.6 is 11.6 Å². The van der Waals surface area contributed by atoms with Crippen LogP contribution in [0.4, 0.5) is 0 Å². The molecule has 164 valence electrons. The summed E-state index contributed by atoms with van der Waals surface area (Å²) in [4.78, 5) is 2.27. The third-order valence-corrected chi connectivity index (χ3v) is 7.63. The maximum Gasteiger partial charge on any atom is 0.281 e. The SMILES string of the molecule is CN(C)S(=O)(=O)N1CCN(Cc2cn(-c3ccccc3)nc2-c2ccc(Cl)cc2)CC1. The third kappa shape index (κ3) is 4.83. The third-order valence-electron chi connectivity index (χ3n) is 5.44. The largest absolute Gasteiger partial charge is 0.296 e. The molecule has 31 heavy (non-hydrogen) atoms. The van der Waals surface area contributed by atoms with Crippen molar-refractivity contribution in [1.29, 1.82) is 0 Å². The van der Waals surface area contributed by atoms with Gasteiger partial charge in [-0.05, 0) is 24.3 Å². The quantitative estimate of drug-likeness (QED) is 0.568. The van der Waals surface area contributed by atoms with E-state index in [2.05, 4.69) is 11.1 Å². The second kappa shape index (κ2) is 9.10. The average molecular weight is 460 g/mol. The predicted octanol–water partition coefficient (Wildman–Crippen LogP) is 3.12. The van der Waals surface area contributed by atoms with Gasteiger partial charge in [-0.25, -0.2) is 4.68 Å². The normalized spacial score (nSPS) is 16.1. The molecular formula is C22H26ClN5O2S. The topological polar surface area (TPSA) is 61.7 Å². The minimum atomic E-state index is -3.37. The lowest BCUT2D eigenvalue weighted by Gasteiger charge is -2.35. The molecule has 1 aliphatic rings. The fraction of sp³-hybridized carbons (Fsp3) is 0.318. The van der Waals surface area contributed by atoms with Crippen LogP contribution in [0, 0.1) is 0 Å². The van der Waals surface area contributed by atoms with Crippen molar-refractivity contribution in [3.8, 4) is 16.9 Å². The Bertz CT molecular complexity index is 1120. The number of aromatic nitrogens is 2. The smallest absolute Gasteiger partial charge is 0.281 e. The Morgan fingerprint density at radius 3 is 2.23 bits per heavy atom. The summed E-state index contributed by atoms with van der Waals surface area (Å²) < 4.78 is 29.5. The van der Waals surface area contributed by atoms with Crippen LogP contribution in [0.1, 0.15) is 5.56 Å². The Hall–Kier alpha value is -2.23. The number of hydrogen-bond donors (Lipinski definition) is 0. The second-order valence-corrected chi connectivity index (χ2v) is 10.3. The molecule has 0 amide bonds. The highest BCUT2D eigenvalue weighted by atomic mass is 35.5. The maximum absolute atomic E-state index is 12.4. The highest BCUT2D eigenvalue weighted by molar-refractivity contribution is 7.86. The monoisotopic (exact) mass is 459 g/mol. The summed E-state index contributed by atoms with van der Waals surface area (Å²) in [5.74, 6) is 0. The van der Waals surface area contributed by atoms with Crippen LogP contribution in [0.2, 0.25) is 5.02 Å². The maximum atomic E-state index is 12.4. The van der Waals surface area contributed by atoms with Crippen LogP contribution in [-0.4, -0.2) is 72.0 Å². The van der Waals surface area contributed by atoms with E-state index in [-0.39, 0.29) is 0 Å². The molecule has 0 unspecified atom stereocenters. The standard InChI is InChI=1S/C22H26ClN5O2S/c1-25(2)31(29,30)27-14-12-26(13-15-27)16-19-17-28(21-6-4-3-5-7-21)24-22(19)18-8-10-20(23)11-9-18/h3-11,17H,12-16H2,1-2H3. The Morgan fingerprint density at radius 2 is 1.61 bits per heavy atom. The van der Waals surface area contributed by atoms with Crippen molar-refractivity contribution in [3.05, 3.63) is 71.4 Å². The molecule has 0 spiro atoms. The Balaban J connectivity index is 1.58. The summed E-state index contributed by atoms with van der Waals surface area (Å²) in [6, 6.07) is 17.7. The second-order valence-electron chi connectivity index (χ2n) is 7.76. The minimum Gasteiger partial charge on any atom is -0.296 e. The van der Waals surface area contributed by atoms with Gasteiger partial charge in [0.2, 0.25) is 0 Å². The molecule has 1 saturated heterocycles. The molecule has 2 aromatic carbocycles. The number of hydrogen-bond acceptors (Lipinski definition) is 4. The van der Waals surface area contributed by atoms with Gasteiger partial charge >= 0.3 is 0 Å². The number of piperazine rings is 1. The van der Waals surface area contributed by atoms with E-state index in [1.54, 1.807) is 14.1 Å². The lowest BCUT2D eigenvalue weighted by Crippen LogP contribution is -2.51. The molecule has 0 aliphatic carbocycles. The van der Waals surface area contributed by atoms with E-state index >= 15 is 0 Å². The highest BCUT2D eigenvalue weighted by Crippen LogP contribution is 2.27. The number of nitrogens with zero attached hydrogens (tertiary/aromatic N) is 5. The first-order valence-electron chi connectivity index (χ1n) is 10.1. The fourth-order valence-electron chi connectivity index (χ4n) is 3.68. The van der Waals surface area contributed by atoms with Crippen molar-refractivity contribution in [2.45, 2.75) is 6.54 Å². The van der Waals surface area contributed by atoms with Crippen LogP contribution in [0.15, 0.2) is 60.8 Å². The Kier molecular flexibility index (Phi) is 6.45. The zero-order chi connectivity index (χ0) is 22.0. The van der Waals surface area contributed by atoms with Crippen LogP contribution < -0.4 is 0 Å². The highest BCUT2D eigenvalue weighted by Gasteiger charge is 2.29. The molecule has 1 aromatic heterocycles. The first-order chi connectivity index (χ1) is 14.8. The van der Waals surface area contributed by atoms with E-state index in [0.717, 1.165) is 22.5 Å². The number of para-hydroxylation sites is 1. The molecular weight excluding hydrogens is 434 g/mol. The zero-order valence-corrected chi connectivity index (χ0v) is 19.2. The molecule has 0 N–H and O–H groups in total. The van der Waals surface area contributed by atoms with E-state index < -0.39 is 10.2 Å². The van der Waals surface area contributed by atoms with Crippen LogP contribution in [-0.2, 0) is 16.8 Å². The summed E-state index contributed by atoms with van der Waals surface area (Å²) in [6.07, 6.45) is 2.06. The van der Waals surface area contributed by atoms with Gasteiger partial charge in [-0.3, -0.25) is 4.90 Å². The predicted molar refractivity (Wildman–Crippen MR) is 123 cm³/mol. The molecule has 1 aliphatic heterocycles. The van der Waals surface area contributed by atoms with Crippen molar-refractivity contribution < 1.29 is 8.42 Å². The Morgan fingerprint density at radius 1 is 0.968 bits per heavy atom. The van der Waals surface area contributed by atoms with Gasteiger partial charge in [0.25, 0.3) is 10.2 Å². The zero-order valence-electron chi connectivity index (χ0n) is 17.6. The van der Waals surface area contributed by atoms with E-state index in [1.807, 2.05) is 59.3 Å². The summed E-state index contributed by atoms with van der Waals surface area (Å²) in [7, 11) is -0.237. The molecule has 0 bridgehead atoms. The minimum absolute atomic E-state index is 0.476. The lowest BCUT2D eigenvalue weighted by molar-refractivity contribution is 0.177. The van der Waals surface area contributed by atoms with Crippen molar-refractivity contribution >= 4 is 21.8 Å². The number of halogens is 1. The van der Waals surface area contributed by atoms with Gasteiger partial charge in [-0.2, -0.15) is 22.1 Å². The van der Waals surface area contributed by atoms with Crippen LogP contribution in [0.3, 0.4) is 0 Å². The first kappa shape index (κ1) is 22.0.